The molecule has 3 rings (SSSR count). The van der Waals surface area contributed by atoms with Crippen molar-refractivity contribution in [2.24, 2.45) is 0 Å². The van der Waals surface area contributed by atoms with Gasteiger partial charge in [-0.15, -0.1) is 0 Å². The normalized spacial score (nSPS) is 22.6. The molecule has 0 aromatic carbocycles. The van der Waals surface area contributed by atoms with Crippen molar-refractivity contribution in [1.82, 2.24) is 9.88 Å². The van der Waals surface area contributed by atoms with E-state index in [1.54, 1.807) is 11.1 Å². The first-order valence-electron chi connectivity index (χ1n) is 7.52. The molecule has 0 N–H and O–H groups in total. The smallest absolute Gasteiger partial charge is 0.410 e. The molecule has 0 radical (unpaired) electrons. The van der Waals surface area contributed by atoms with Crippen LogP contribution < -0.4 is 4.74 Å². The zero-order chi connectivity index (χ0) is 15.4. The highest BCUT2D eigenvalue weighted by Crippen LogP contribution is 2.20. The van der Waals surface area contributed by atoms with Gasteiger partial charge in [-0.1, -0.05) is 0 Å². The summed E-state index contributed by atoms with van der Waals surface area (Å²) < 4.78 is 17.5. The predicted molar refractivity (Wildman–Crippen MR) is 82.9 cm³/mol. The Kier molecular flexibility index (Phi) is 5.15. The van der Waals surface area contributed by atoms with Gasteiger partial charge in [0.1, 0.15) is 12.2 Å². The van der Waals surface area contributed by atoms with Crippen LogP contribution in [0.25, 0.3) is 0 Å². The van der Waals surface area contributed by atoms with Crippen LogP contribution in [0.5, 0.6) is 5.88 Å². The Morgan fingerprint density at radius 1 is 1.27 bits per heavy atom. The van der Waals surface area contributed by atoms with Gasteiger partial charge in [0.25, 0.3) is 0 Å². The number of carbonyl (C=O) groups is 1. The zero-order valence-corrected chi connectivity index (χ0v) is 13.8. The summed E-state index contributed by atoms with van der Waals surface area (Å²) in [5, 5.41) is 0. The minimum atomic E-state index is -0.248. The van der Waals surface area contributed by atoms with Gasteiger partial charge in [0.15, 0.2) is 0 Å². The van der Waals surface area contributed by atoms with Gasteiger partial charge in [0.2, 0.25) is 5.88 Å². The Hall–Kier alpha value is -1.34. The number of aromatic nitrogens is 1. The molecule has 2 saturated heterocycles. The molecule has 6 nitrogen and oxygen atoms in total. The summed E-state index contributed by atoms with van der Waals surface area (Å²) in [5.74, 6) is 0.577. The minimum Gasteiger partial charge on any atom is -0.472 e. The highest BCUT2D eigenvalue weighted by atomic mass is 79.9. The standard InChI is InChI=1S/C15H19BrN2O4/c16-11-1-2-14(17-9-11)21-13-3-6-18(10-13)15(19)22-12-4-7-20-8-5-12/h1-2,9,12-13H,3-8,10H2. The number of amides is 1. The molecule has 120 valence electrons. The molecule has 0 aliphatic carbocycles. The molecule has 2 fully saturated rings. The van der Waals surface area contributed by atoms with Crippen LogP contribution in [0.1, 0.15) is 19.3 Å². The summed E-state index contributed by atoms with van der Waals surface area (Å²) in [7, 11) is 0. The average Bonchev–Trinajstić information content (AvgIpc) is 2.99. The summed E-state index contributed by atoms with van der Waals surface area (Å²) in [4.78, 5) is 18.0. The van der Waals surface area contributed by atoms with Gasteiger partial charge in [0.05, 0.1) is 19.8 Å². The van der Waals surface area contributed by atoms with Gasteiger partial charge in [-0.2, -0.15) is 0 Å². The van der Waals surface area contributed by atoms with Crippen LogP contribution >= 0.6 is 15.9 Å². The molecular formula is C15H19BrN2O4. The van der Waals surface area contributed by atoms with Crippen molar-refractivity contribution in [3.8, 4) is 5.88 Å². The van der Waals surface area contributed by atoms with Crippen molar-refractivity contribution in [3.05, 3.63) is 22.8 Å². The highest BCUT2D eigenvalue weighted by molar-refractivity contribution is 9.10. The van der Waals surface area contributed by atoms with Crippen molar-refractivity contribution in [2.75, 3.05) is 26.3 Å². The van der Waals surface area contributed by atoms with E-state index in [9.17, 15) is 4.79 Å². The zero-order valence-electron chi connectivity index (χ0n) is 12.2. The van der Waals surface area contributed by atoms with E-state index in [2.05, 4.69) is 20.9 Å². The van der Waals surface area contributed by atoms with Crippen LogP contribution in [-0.2, 0) is 9.47 Å². The first-order chi connectivity index (χ1) is 10.7. The monoisotopic (exact) mass is 370 g/mol. The molecule has 1 aromatic rings. The first-order valence-corrected chi connectivity index (χ1v) is 8.31. The minimum absolute atomic E-state index is 0.0191. The molecule has 7 heteroatoms. The number of hydrogen-bond donors (Lipinski definition) is 0. The number of halogens is 1. The number of rotatable bonds is 3. The third-order valence-electron chi connectivity index (χ3n) is 3.83. The third-order valence-corrected chi connectivity index (χ3v) is 4.30. The lowest BCUT2D eigenvalue weighted by Crippen LogP contribution is -2.35. The first kappa shape index (κ1) is 15.6. The molecule has 0 spiro atoms. The predicted octanol–water partition coefficient (Wildman–Crippen LogP) is 2.61. The van der Waals surface area contributed by atoms with Crippen LogP contribution in [0.3, 0.4) is 0 Å². The van der Waals surface area contributed by atoms with Crippen molar-refractivity contribution in [1.29, 1.82) is 0 Å². The van der Waals surface area contributed by atoms with E-state index < -0.39 is 0 Å². The molecule has 22 heavy (non-hydrogen) atoms. The number of pyridine rings is 1. The lowest BCUT2D eigenvalue weighted by atomic mass is 10.2. The third kappa shape index (κ3) is 4.10. The fourth-order valence-electron chi connectivity index (χ4n) is 2.60. The van der Waals surface area contributed by atoms with Gasteiger partial charge in [-0.05, 0) is 22.0 Å². The number of carbonyl (C=O) groups excluding carboxylic acids is 1. The molecule has 1 aromatic heterocycles. The molecule has 0 saturated carbocycles. The van der Waals surface area contributed by atoms with Gasteiger partial charge in [-0.25, -0.2) is 9.78 Å². The van der Waals surface area contributed by atoms with Crippen LogP contribution in [0.2, 0.25) is 0 Å². The summed E-state index contributed by atoms with van der Waals surface area (Å²) in [6.07, 6.45) is 3.75. The van der Waals surface area contributed by atoms with Crippen molar-refractivity contribution in [3.63, 3.8) is 0 Å². The molecule has 0 bridgehead atoms. The topological polar surface area (TPSA) is 60.9 Å². The van der Waals surface area contributed by atoms with Crippen LogP contribution in [0.4, 0.5) is 4.79 Å². The van der Waals surface area contributed by atoms with E-state index in [4.69, 9.17) is 14.2 Å². The fourth-order valence-corrected chi connectivity index (χ4v) is 2.84. The lowest BCUT2D eigenvalue weighted by molar-refractivity contribution is -0.00898. The van der Waals surface area contributed by atoms with E-state index in [0.29, 0.717) is 32.2 Å². The van der Waals surface area contributed by atoms with Crippen LogP contribution in [0, 0.1) is 0 Å². The summed E-state index contributed by atoms with van der Waals surface area (Å²) in [5.41, 5.74) is 0. The van der Waals surface area contributed by atoms with E-state index in [0.717, 1.165) is 23.7 Å². The summed E-state index contributed by atoms with van der Waals surface area (Å²) >= 11 is 3.34. The van der Waals surface area contributed by atoms with Gasteiger partial charge in [-0.3, -0.25) is 0 Å². The summed E-state index contributed by atoms with van der Waals surface area (Å²) in [6.45, 7) is 2.53. The maximum absolute atomic E-state index is 12.1. The largest absolute Gasteiger partial charge is 0.472 e. The number of nitrogens with zero attached hydrogens (tertiary/aromatic N) is 2. The fraction of sp³-hybridized carbons (Fsp3) is 0.600. The van der Waals surface area contributed by atoms with E-state index in [1.807, 2.05) is 12.1 Å². The second kappa shape index (κ2) is 7.28. The van der Waals surface area contributed by atoms with Crippen molar-refractivity contribution >= 4 is 22.0 Å². The molecule has 1 amide bonds. The maximum atomic E-state index is 12.1. The van der Waals surface area contributed by atoms with Crippen molar-refractivity contribution in [2.45, 2.75) is 31.5 Å². The molecule has 2 aliphatic heterocycles. The van der Waals surface area contributed by atoms with Gasteiger partial charge < -0.3 is 19.1 Å². The van der Waals surface area contributed by atoms with E-state index in [-0.39, 0.29) is 18.3 Å². The number of hydrogen-bond acceptors (Lipinski definition) is 5. The Labute approximate surface area is 137 Å². The number of ether oxygens (including phenoxy) is 3. The molecule has 1 unspecified atom stereocenters. The van der Waals surface area contributed by atoms with Crippen LogP contribution in [0.15, 0.2) is 22.8 Å². The molecular weight excluding hydrogens is 352 g/mol. The Bertz CT molecular complexity index is 505. The SMILES string of the molecule is O=C(OC1CCOCC1)N1CCC(Oc2ccc(Br)cn2)C1. The van der Waals surface area contributed by atoms with Gasteiger partial charge >= 0.3 is 6.09 Å². The maximum Gasteiger partial charge on any atom is 0.410 e. The second-order valence-corrected chi connectivity index (χ2v) is 6.40. The Balaban J connectivity index is 1.46. The van der Waals surface area contributed by atoms with Crippen molar-refractivity contribution < 1.29 is 19.0 Å². The van der Waals surface area contributed by atoms with Crippen LogP contribution in [-0.4, -0.2) is 54.5 Å². The highest BCUT2D eigenvalue weighted by Gasteiger charge is 2.30. The second-order valence-electron chi connectivity index (χ2n) is 5.48. The molecule has 1 atom stereocenters. The number of likely N-dealkylation sites (tertiary alicyclic amines) is 1. The quantitative estimate of drug-likeness (QED) is 0.818. The molecule has 2 aliphatic rings. The summed E-state index contributed by atoms with van der Waals surface area (Å²) in [6, 6.07) is 3.70. The molecule has 3 heterocycles. The average molecular weight is 371 g/mol. The lowest BCUT2D eigenvalue weighted by Gasteiger charge is -2.25. The van der Waals surface area contributed by atoms with Gasteiger partial charge in [0, 0.05) is 42.5 Å². The Morgan fingerprint density at radius 2 is 2.09 bits per heavy atom. The van der Waals surface area contributed by atoms with E-state index in [1.165, 1.54) is 0 Å². The van der Waals surface area contributed by atoms with E-state index >= 15 is 0 Å². The Morgan fingerprint density at radius 3 is 2.82 bits per heavy atom.